The predicted molar refractivity (Wildman–Crippen MR) is 36.0 cm³/mol. The average molecular weight is 156 g/mol. The van der Waals surface area contributed by atoms with E-state index in [1.165, 1.54) is 6.08 Å². The van der Waals surface area contributed by atoms with E-state index in [2.05, 4.69) is 6.58 Å². The summed E-state index contributed by atoms with van der Waals surface area (Å²) in [6, 6.07) is 0. The Balaban J connectivity index is 2.87. The third-order valence-electron chi connectivity index (χ3n) is 2.06. The Labute approximate surface area is 63.1 Å². The molecule has 0 bridgehead atoms. The van der Waals surface area contributed by atoms with Crippen LogP contribution in [0.15, 0.2) is 12.7 Å². The molecule has 1 unspecified atom stereocenters. The molecule has 11 heavy (non-hydrogen) atoms. The van der Waals surface area contributed by atoms with Crippen molar-refractivity contribution in [2.75, 3.05) is 0 Å². The molecule has 1 fully saturated rings. The Morgan fingerprint density at radius 1 is 1.45 bits per heavy atom. The molecule has 0 heterocycles. The van der Waals surface area contributed by atoms with Gasteiger partial charge in [0.1, 0.15) is 0 Å². The standard InChI is InChI=1S/C7H8O4/c1-2-4-3-7(4,5(8)9)6(10)11/h2,4H,1,3H2,(H,8,9)(H,10,11). The molecule has 0 saturated heterocycles. The molecule has 1 saturated carbocycles. The fourth-order valence-corrected chi connectivity index (χ4v) is 1.16. The van der Waals surface area contributed by atoms with Gasteiger partial charge in [0, 0.05) is 5.92 Å². The maximum absolute atomic E-state index is 10.5. The van der Waals surface area contributed by atoms with Gasteiger partial charge in [0.25, 0.3) is 0 Å². The molecule has 0 aromatic rings. The molecule has 1 rings (SSSR count). The molecule has 0 spiro atoms. The van der Waals surface area contributed by atoms with Gasteiger partial charge in [0.05, 0.1) is 0 Å². The van der Waals surface area contributed by atoms with Gasteiger partial charge in [0.15, 0.2) is 5.41 Å². The van der Waals surface area contributed by atoms with Crippen LogP contribution in [0.4, 0.5) is 0 Å². The van der Waals surface area contributed by atoms with Crippen LogP contribution in [0.2, 0.25) is 0 Å². The second-order valence-electron chi connectivity index (χ2n) is 2.63. The molecular formula is C7H8O4. The van der Waals surface area contributed by atoms with E-state index in [0.717, 1.165) is 0 Å². The van der Waals surface area contributed by atoms with Crippen LogP contribution in [0.25, 0.3) is 0 Å². The molecule has 1 aliphatic rings. The summed E-state index contributed by atoms with van der Waals surface area (Å²) in [5.74, 6) is -2.94. The number of hydrogen-bond acceptors (Lipinski definition) is 2. The van der Waals surface area contributed by atoms with Gasteiger partial charge in [-0.3, -0.25) is 9.59 Å². The fourth-order valence-electron chi connectivity index (χ4n) is 1.16. The molecular weight excluding hydrogens is 148 g/mol. The van der Waals surface area contributed by atoms with Crippen molar-refractivity contribution in [3.8, 4) is 0 Å². The van der Waals surface area contributed by atoms with E-state index in [-0.39, 0.29) is 6.42 Å². The summed E-state index contributed by atoms with van der Waals surface area (Å²) in [4.78, 5) is 20.9. The quantitative estimate of drug-likeness (QED) is 0.456. The van der Waals surface area contributed by atoms with E-state index >= 15 is 0 Å². The molecule has 4 nitrogen and oxygen atoms in total. The van der Waals surface area contributed by atoms with Crippen molar-refractivity contribution in [2.24, 2.45) is 11.3 Å². The first kappa shape index (κ1) is 7.78. The average Bonchev–Trinajstić information content (AvgIpc) is 2.61. The van der Waals surface area contributed by atoms with Crippen LogP contribution in [0.3, 0.4) is 0 Å². The van der Waals surface area contributed by atoms with Gasteiger partial charge in [-0.1, -0.05) is 6.08 Å². The number of carboxylic acid groups (broad SMARTS) is 2. The molecule has 60 valence electrons. The number of rotatable bonds is 3. The lowest BCUT2D eigenvalue weighted by Gasteiger charge is -2.02. The van der Waals surface area contributed by atoms with Gasteiger partial charge in [0.2, 0.25) is 0 Å². The summed E-state index contributed by atoms with van der Waals surface area (Å²) < 4.78 is 0. The lowest BCUT2D eigenvalue weighted by molar-refractivity contribution is -0.157. The summed E-state index contributed by atoms with van der Waals surface area (Å²) in [5.41, 5.74) is -1.57. The SMILES string of the molecule is C=CC1CC1(C(=O)O)C(=O)O. The summed E-state index contributed by atoms with van der Waals surface area (Å²) in [7, 11) is 0. The summed E-state index contributed by atoms with van der Waals surface area (Å²) in [5, 5.41) is 17.1. The Morgan fingerprint density at radius 2 is 1.91 bits per heavy atom. The molecule has 4 heteroatoms. The Kier molecular flexibility index (Phi) is 1.47. The molecule has 1 aliphatic carbocycles. The molecule has 1 atom stereocenters. The molecule has 0 aromatic heterocycles. The predicted octanol–water partition coefficient (Wildman–Crippen LogP) is 0.348. The van der Waals surface area contributed by atoms with Crippen molar-refractivity contribution >= 4 is 11.9 Å². The van der Waals surface area contributed by atoms with Crippen LogP contribution in [-0.2, 0) is 9.59 Å². The van der Waals surface area contributed by atoms with Gasteiger partial charge in [-0.15, -0.1) is 6.58 Å². The van der Waals surface area contributed by atoms with Gasteiger partial charge >= 0.3 is 11.9 Å². The summed E-state index contributed by atoms with van der Waals surface area (Å²) >= 11 is 0. The van der Waals surface area contributed by atoms with Gasteiger partial charge in [-0.2, -0.15) is 0 Å². The number of carboxylic acids is 2. The minimum atomic E-state index is -1.57. The fraction of sp³-hybridized carbons (Fsp3) is 0.429. The minimum absolute atomic E-state index is 0.168. The highest BCUT2D eigenvalue weighted by molar-refractivity contribution is 6.02. The maximum atomic E-state index is 10.5. The Bertz CT molecular complexity index is 217. The van der Waals surface area contributed by atoms with E-state index in [0.29, 0.717) is 0 Å². The third kappa shape index (κ3) is 0.824. The highest BCUT2D eigenvalue weighted by atomic mass is 16.4. The molecule has 2 N–H and O–H groups in total. The Morgan fingerprint density at radius 3 is 2.00 bits per heavy atom. The van der Waals surface area contributed by atoms with Crippen LogP contribution in [0.1, 0.15) is 6.42 Å². The molecule has 0 aliphatic heterocycles. The van der Waals surface area contributed by atoms with E-state index in [4.69, 9.17) is 10.2 Å². The minimum Gasteiger partial charge on any atom is -0.480 e. The number of hydrogen-bond donors (Lipinski definition) is 2. The maximum Gasteiger partial charge on any atom is 0.321 e. The molecule has 0 radical (unpaired) electrons. The van der Waals surface area contributed by atoms with E-state index in [9.17, 15) is 9.59 Å². The van der Waals surface area contributed by atoms with Crippen LogP contribution < -0.4 is 0 Å². The van der Waals surface area contributed by atoms with Crippen molar-refractivity contribution in [1.82, 2.24) is 0 Å². The number of carbonyl (C=O) groups is 2. The highest BCUT2D eigenvalue weighted by Gasteiger charge is 2.65. The normalized spacial score (nSPS) is 25.6. The zero-order chi connectivity index (χ0) is 8.65. The van der Waals surface area contributed by atoms with Crippen molar-refractivity contribution in [3.05, 3.63) is 12.7 Å². The van der Waals surface area contributed by atoms with Crippen LogP contribution in [-0.4, -0.2) is 22.2 Å². The summed E-state index contributed by atoms with van der Waals surface area (Å²) in [6.45, 7) is 3.36. The van der Waals surface area contributed by atoms with Crippen molar-refractivity contribution in [2.45, 2.75) is 6.42 Å². The van der Waals surface area contributed by atoms with Gasteiger partial charge < -0.3 is 10.2 Å². The van der Waals surface area contributed by atoms with Crippen molar-refractivity contribution in [1.29, 1.82) is 0 Å². The monoisotopic (exact) mass is 156 g/mol. The molecule has 0 aromatic carbocycles. The summed E-state index contributed by atoms with van der Waals surface area (Å²) in [6.07, 6.45) is 1.55. The first-order valence-electron chi connectivity index (χ1n) is 3.15. The van der Waals surface area contributed by atoms with Crippen LogP contribution in [0, 0.1) is 11.3 Å². The molecule has 0 amide bonds. The van der Waals surface area contributed by atoms with Gasteiger partial charge in [-0.05, 0) is 6.42 Å². The van der Waals surface area contributed by atoms with Crippen LogP contribution in [0.5, 0.6) is 0 Å². The van der Waals surface area contributed by atoms with E-state index < -0.39 is 23.3 Å². The zero-order valence-corrected chi connectivity index (χ0v) is 5.78. The first-order valence-corrected chi connectivity index (χ1v) is 3.15. The zero-order valence-electron chi connectivity index (χ0n) is 5.78. The van der Waals surface area contributed by atoms with E-state index in [1.807, 2.05) is 0 Å². The number of allylic oxidation sites excluding steroid dienone is 1. The highest BCUT2D eigenvalue weighted by Crippen LogP contribution is 2.53. The smallest absolute Gasteiger partial charge is 0.321 e. The second-order valence-corrected chi connectivity index (χ2v) is 2.63. The second kappa shape index (κ2) is 2.08. The van der Waals surface area contributed by atoms with Crippen molar-refractivity contribution in [3.63, 3.8) is 0 Å². The van der Waals surface area contributed by atoms with Crippen molar-refractivity contribution < 1.29 is 19.8 Å². The largest absolute Gasteiger partial charge is 0.480 e. The first-order chi connectivity index (χ1) is 5.05. The van der Waals surface area contributed by atoms with Crippen LogP contribution >= 0.6 is 0 Å². The Hall–Kier alpha value is -1.32. The number of aliphatic carboxylic acids is 2. The van der Waals surface area contributed by atoms with Gasteiger partial charge in [-0.25, -0.2) is 0 Å². The third-order valence-corrected chi connectivity index (χ3v) is 2.06. The lowest BCUT2D eigenvalue weighted by atomic mass is 10.1. The lowest BCUT2D eigenvalue weighted by Crippen LogP contribution is -2.26. The topological polar surface area (TPSA) is 74.6 Å². The van der Waals surface area contributed by atoms with E-state index in [1.54, 1.807) is 0 Å².